The van der Waals surface area contributed by atoms with E-state index >= 15 is 0 Å². The minimum atomic E-state index is -2.21. The summed E-state index contributed by atoms with van der Waals surface area (Å²) in [5, 5.41) is 10.6. The predicted molar refractivity (Wildman–Crippen MR) is 124 cm³/mol. The molecule has 0 spiro atoms. The van der Waals surface area contributed by atoms with E-state index in [1.165, 1.54) is 0 Å². The summed E-state index contributed by atoms with van der Waals surface area (Å²) in [5.41, 5.74) is 1.95. The van der Waals surface area contributed by atoms with Gasteiger partial charge in [-0.3, -0.25) is 4.79 Å². The lowest BCUT2D eigenvalue weighted by Crippen LogP contribution is -2.51. The van der Waals surface area contributed by atoms with Crippen molar-refractivity contribution in [1.29, 1.82) is 0 Å². The molecule has 0 saturated carbocycles. The van der Waals surface area contributed by atoms with Crippen molar-refractivity contribution in [3.63, 3.8) is 0 Å². The van der Waals surface area contributed by atoms with Crippen molar-refractivity contribution < 1.29 is 19.1 Å². The molecule has 0 fully saturated rings. The zero-order chi connectivity index (χ0) is 22.4. The van der Waals surface area contributed by atoms with E-state index in [1.807, 2.05) is 60.7 Å². The summed E-state index contributed by atoms with van der Waals surface area (Å²) in [6.07, 6.45) is -0.968. The molecule has 0 radical (unpaired) electrons. The second-order valence-electron chi connectivity index (χ2n) is 9.47. The molecule has 0 unspecified atom stereocenters. The van der Waals surface area contributed by atoms with Crippen LogP contribution < -0.4 is 0 Å². The minimum absolute atomic E-state index is 0.0363. The van der Waals surface area contributed by atoms with Gasteiger partial charge in [0.05, 0.1) is 18.1 Å². The van der Waals surface area contributed by atoms with Crippen LogP contribution in [-0.2, 0) is 27.0 Å². The smallest absolute Gasteiger partial charge is 0.312 e. The van der Waals surface area contributed by atoms with E-state index in [-0.39, 0.29) is 17.6 Å². The molecule has 0 aliphatic heterocycles. The van der Waals surface area contributed by atoms with Crippen molar-refractivity contribution in [2.45, 2.75) is 71.1 Å². The lowest BCUT2D eigenvalue weighted by Gasteiger charge is -2.42. The fourth-order valence-electron chi connectivity index (χ4n) is 3.07. The molecular weight excluding hydrogens is 392 g/mol. The molecule has 5 heteroatoms. The Morgan fingerprint density at radius 1 is 0.967 bits per heavy atom. The molecule has 0 bridgehead atoms. The summed E-state index contributed by atoms with van der Waals surface area (Å²) in [7, 11) is -2.21. The fraction of sp³-hybridized carbons (Fsp3) is 0.480. The number of hydrogen-bond donors (Lipinski definition) is 1. The van der Waals surface area contributed by atoms with Gasteiger partial charge in [-0.25, -0.2) is 0 Å². The summed E-state index contributed by atoms with van der Waals surface area (Å²) in [5.74, 6) is -0.933. The maximum absolute atomic E-state index is 13.2. The van der Waals surface area contributed by atoms with Crippen LogP contribution in [0, 0.1) is 5.92 Å². The third kappa shape index (κ3) is 6.79. The van der Waals surface area contributed by atoms with Crippen molar-refractivity contribution in [2.75, 3.05) is 0 Å². The number of ether oxygens (including phenoxy) is 1. The van der Waals surface area contributed by atoms with Gasteiger partial charge in [0.2, 0.25) is 0 Å². The molecule has 0 aliphatic rings. The van der Waals surface area contributed by atoms with E-state index in [4.69, 9.17) is 9.16 Å². The van der Waals surface area contributed by atoms with E-state index in [2.05, 4.69) is 33.9 Å². The van der Waals surface area contributed by atoms with E-state index in [1.54, 1.807) is 6.92 Å². The lowest BCUT2D eigenvalue weighted by molar-refractivity contribution is -0.156. The number of carbonyl (C=O) groups is 1. The highest BCUT2D eigenvalue weighted by molar-refractivity contribution is 6.74. The Balaban J connectivity index is 2.28. The summed E-state index contributed by atoms with van der Waals surface area (Å²) in [6.45, 7) is 12.6. The standard InChI is InChI=1S/C25H36O4Si/c1-19(26)23(29-30(5,6)25(2,3)4)22(17-20-13-9-7-10-14-20)24(27)28-18-21-15-11-8-12-16-21/h7-16,19,22-23,26H,17-18H2,1-6H3/t19-,22+,23+/m0/s1. The highest BCUT2D eigenvalue weighted by atomic mass is 28.4. The largest absolute Gasteiger partial charge is 0.461 e. The van der Waals surface area contributed by atoms with Gasteiger partial charge in [-0.1, -0.05) is 81.4 Å². The van der Waals surface area contributed by atoms with Crippen molar-refractivity contribution in [1.82, 2.24) is 0 Å². The van der Waals surface area contributed by atoms with Crippen LogP contribution in [0.25, 0.3) is 0 Å². The third-order valence-corrected chi connectivity index (χ3v) is 10.4. The molecule has 2 aromatic carbocycles. The number of benzene rings is 2. The van der Waals surface area contributed by atoms with Crippen LogP contribution in [0.2, 0.25) is 18.1 Å². The Bertz CT molecular complexity index is 782. The SMILES string of the molecule is C[C@H](O)[C@@H](O[Si](C)(C)C(C)(C)C)[C@@H](Cc1ccccc1)C(=O)OCc1ccccc1. The normalized spacial score (nSPS) is 15.3. The molecule has 30 heavy (non-hydrogen) atoms. The van der Waals surface area contributed by atoms with Gasteiger partial charge in [0.15, 0.2) is 8.32 Å². The predicted octanol–water partition coefficient (Wildman–Crippen LogP) is 5.36. The minimum Gasteiger partial charge on any atom is -0.461 e. The highest BCUT2D eigenvalue weighted by Gasteiger charge is 2.44. The first-order valence-electron chi connectivity index (χ1n) is 10.6. The average molecular weight is 429 g/mol. The maximum Gasteiger partial charge on any atom is 0.312 e. The van der Waals surface area contributed by atoms with Gasteiger partial charge in [-0.2, -0.15) is 0 Å². The average Bonchev–Trinajstić information content (AvgIpc) is 2.69. The quantitative estimate of drug-likeness (QED) is 0.431. The molecule has 2 rings (SSSR count). The van der Waals surface area contributed by atoms with E-state index < -0.39 is 26.4 Å². The molecule has 0 aliphatic carbocycles. The first kappa shape index (κ1) is 24.3. The number of aliphatic hydroxyl groups is 1. The Hall–Kier alpha value is -1.95. The van der Waals surface area contributed by atoms with Crippen molar-refractivity contribution >= 4 is 14.3 Å². The van der Waals surface area contributed by atoms with Gasteiger partial charge in [0.1, 0.15) is 6.61 Å². The Kier molecular flexibility index (Phi) is 8.41. The summed E-state index contributed by atoms with van der Waals surface area (Å²) in [6, 6.07) is 19.5. The number of hydrogen-bond acceptors (Lipinski definition) is 4. The van der Waals surface area contributed by atoms with Gasteiger partial charge >= 0.3 is 5.97 Å². The molecule has 164 valence electrons. The fourth-order valence-corrected chi connectivity index (χ4v) is 4.47. The molecule has 0 aromatic heterocycles. The molecule has 3 atom stereocenters. The summed E-state index contributed by atoms with van der Waals surface area (Å²) >= 11 is 0. The number of rotatable bonds is 9. The van der Waals surface area contributed by atoms with Gasteiger partial charge < -0.3 is 14.3 Å². The molecule has 4 nitrogen and oxygen atoms in total. The maximum atomic E-state index is 13.2. The second kappa shape index (κ2) is 10.4. The Labute approximate surface area is 182 Å². The molecule has 0 heterocycles. The molecule has 0 saturated heterocycles. The van der Waals surface area contributed by atoms with Crippen LogP contribution in [0.4, 0.5) is 0 Å². The van der Waals surface area contributed by atoms with Crippen LogP contribution in [0.5, 0.6) is 0 Å². The first-order valence-corrected chi connectivity index (χ1v) is 13.5. The van der Waals surface area contributed by atoms with Crippen LogP contribution in [-0.4, -0.2) is 31.6 Å². The second-order valence-corrected chi connectivity index (χ2v) is 14.2. The molecule has 0 amide bonds. The Morgan fingerprint density at radius 3 is 1.93 bits per heavy atom. The third-order valence-electron chi connectivity index (χ3n) is 5.93. The summed E-state index contributed by atoms with van der Waals surface area (Å²) < 4.78 is 12.2. The zero-order valence-corrected chi connectivity index (χ0v) is 20.1. The van der Waals surface area contributed by atoms with Crippen LogP contribution in [0.15, 0.2) is 60.7 Å². The van der Waals surface area contributed by atoms with Crippen LogP contribution >= 0.6 is 0 Å². The summed E-state index contributed by atoms with van der Waals surface area (Å²) in [4.78, 5) is 13.2. The number of carbonyl (C=O) groups excluding carboxylic acids is 1. The zero-order valence-electron chi connectivity index (χ0n) is 19.1. The van der Waals surface area contributed by atoms with Crippen molar-refractivity contribution in [3.05, 3.63) is 71.8 Å². The lowest BCUT2D eigenvalue weighted by atomic mass is 9.91. The van der Waals surface area contributed by atoms with Gasteiger partial charge in [0.25, 0.3) is 0 Å². The molecule has 2 aromatic rings. The van der Waals surface area contributed by atoms with Gasteiger partial charge in [0, 0.05) is 0 Å². The van der Waals surface area contributed by atoms with Crippen molar-refractivity contribution in [2.24, 2.45) is 5.92 Å². The van der Waals surface area contributed by atoms with E-state index in [9.17, 15) is 9.90 Å². The molecule has 1 N–H and O–H groups in total. The Morgan fingerprint density at radius 2 is 1.47 bits per heavy atom. The highest BCUT2D eigenvalue weighted by Crippen LogP contribution is 2.39. The van der Waals surface area contributed by atoms with Crippen LogP contribution in [0.1, 0.15) is 38.8 Å². The topological polar surface area (TPSA) is 55.8 Å². The van der Waals surface area contributed by atoms with Crippen molar-refractivity contribution in [3.8, 4) is 0 Å². The number of aliphatic hydroxyl groups excluding tert-OH is 1. The monoisotopic (exact) mass is 428 g/mol. The first-order chi connectivity index (χ1) is 14.0. The van der Waals surface area contributed by atoms with E-state index in [0.717, 1.165) is 11.1 Å². The van der Waals surface area contributed by atoms with Gasteiger partial charge in [-0.05, 0) is 42.6 Å². The van der Waals surface area contributed by atoms with Crippen LogP contribution in [0.3, 0.4) is 0 Å². The number of esters is 1. The molecular formula is C25H36O4Si. The van der Waals surface area contributed by atoms with Gasteiger partial charge in [-0.15, -0.1) is 0 Å². The van der Waals surface area contributed by atoms with E-state index in [0.29, 0.717) is 6.42 Å².